The molecule has 28 heavy (non-hydrogen) atoms. The molecule has 2 aromatic rings. The van der Waals surface area contributed by atoms with E-state index in [0.717, 1.165) is 36.9 Å². The van der Waals surface area contributed by atoms with Crippen molar-refractivity contribution in [3.63, 3.8) is 0 Å². The van der Waals surface area contributed by atoms with E-state index in [9.17, 15) is 14.3 Å². The van der Waals surface area contributed by atoms with E-state index in [2.05, 4.69) is 15.3 Å². The molecule has 1 amide bonds. The maximum Gasteiger partial charge on any atom is 0.253 e. The number of hydrogen-bond donors (Lipinski definition) is 2. The van der Waals surface area contributed by atoms with Crippen LogP contribution in [0.2, 0.25) is 0 Å². The Morgan fingerprint density at radius 3 is 2.61 bits per heavy atom. The van der Waals surface area contributed by atoms with E-state index < -0.39 is 11.8 Å². The average Bonchev–Trinajstić information content (AvgIpc) is 2.64. The molecule has 0 atom stereocenters. The van der Waals surface area contributed by atoms with Crippen LogP contribution in [0.4, 0.5) is 10.2 Å². The first-order chi connectivity index (χ1) is 13.3. The van der Waals surface area contributed by atoms with E-state index >= 15 is 0 Å². The number of nitrogens with one attached hydrogen (secondary N) is 1. The molecule has 7 heteroatoms. The number of aromatic nitrogens is 2. The fraction of sp³-hybridized carbons (Fsp3) is 0.571. The van der Waals surface area contributed by atoms with Crippen molar-refractivity contribution in [2.45, 2.75) is 57.3 Å². The first-order valence-electron chi connectivity index (χ1n) is 9.98. The average molecular weight is 386 g/mol. The van der Waals surface area contributed by atoms with Gasteiger partial charge in [-0.25, -0.2) is 14.4 Å². The smallest absolute Gasteiger partial charge is 0.253 e. The number of amides is 1. The molecular weight excluding hydrogens is 359 g/mol. The highest BCUT2D eigenvalue weighted by Gasteiger charge is 2.32. The molecule has 1 saturated carbocycles. The number of carbonyl (C=O) groups is 1. The quantitative estimate of drug-likeness (QED) is 0.845. The van der Waals surface area contributed by atoms with Crippen LogP contribution in [0.25, 0.3) is 11.0 Å². The monoisotopic (exact) mass is 386 g/mol. The van der Waals surface area contributed by atoms with Crippen LogP contribution in [0.5, 0.6) is 0 Å². The van der Waals surface area contributed by atoms with Gasteiger partial charge in [-0.1, -0.05) is 0 Å². The van der Waals surface area contributed by atoms with Gasteiger partial charge in [0.05, 0.1) is 24.3 Å². The molecule has 2 aromatic heterocycles. The second kappa shape index (κ2) is 7.28. The summed E-state index contributed by atoms with van der Waals surface area (Å²) in [5.41, 5.74) is 0.408. The Morgan fingerprint density at radius 2 is 1.96 bits per heavy atom. The number of pyridine rings is 2. The van der Waals surface area contributed by atoms with Crippen LogP contribution in [0.1, 0.15) is 49.9 Å². The molecule has 3 heterocycles. The van der Waals surface area contributed by atoms with Gasteiger partial charge in [0, 0.05) is 17.6 Å². The van der Waals surface area contributed by atoms with Gasteiger partial charge >= 0.3 is 0 Å². The normalized spacial score (nSPS) is 23.5. The fourth-order valence-corrected chi connectivity index (χ4v) is 4.13. The molecule has 1 saturated heterocycles. The Bertz CT molecular complexity index is 868. The SMILES string of the molecule is CC(C)(O)C1CCC(NC(=O)c2cnc3nc(N4CC(F)C4)ccc3c2)CC1. The summed E-state index contributed by atoms with van der Waals surface area (Å²) in [5, 5.41) is 14.0. The number of rotatable bonds is 4. The summed E-state index contributed by atoms with van der Waals surface area (Å²) < 4.78 is 13.0. The Hall–Kier alpha value is -2.28. The maximum absolute atomic E-state index is 13.0. The first kappa shape index (κ1) is 19.1. The molecule has 150 valence electrons. The standard InChI is InChI=1S/C21H27FN4O2/c1-21(2,28)15-4-6-17(7-5-15)24-20(27)14-9-13-3-8-18(25-19(13)23-10-14)26-11-16(22)12-26/h3,8-10,15-17,28H,4-7,11-12H2,1-2H3,(H,24,27). The molecule has 1 aliphatic carbocycles. The summed E-state index contributed by atoms with van der Waals surface area (Å²) in [4.78, 5) is 23.3. The van der Waals surface area contributed by atoms with Crippen molar-refractivity contribution < 1.29 is 14.3 Å². The van der Waals surface area contributed by atoms with Gasteiger partial charge in [-0.3, -0.25) is 4.79 Å². The molecular formula is C21H27FN4O2. The highest BCUT2D eigenvalue weighted by molar-refractivity contribution is 5.97. The van der Waals surface area contributed by atoms with Gasteiger partial charge in [-0.2, -0.15) is 0 Å². The molecule has 0 spiro atoms. The zero-order valence-corrected chi connectivity index (χ0v) is 16.4. The van der Waals surface area contributed by atoms with Crippen LogP contribution in [0, 0.1) is 5.92 Å². The number of fused-ring (bicyclic) bond motifs is 1. The zero-order chi connectivity index (χ0) is 19.9. The van der Waals surface area contributed by atoms with Gasteiger partial charge in [-0.05, 0) is 63.6 Å². The van der Waals surface area contributed by atoms with Crippen molar-refractivity contribution in [1.82, 2.24) is 15.3 Å². The van der Waals surface area contributed by atoms with Crippen molar-refractivity contribution in [1.29, 1.82) is 0 Å². The lowest BCUT2D eigenvalue weighted by Gasteiger charge is -2.36. The van der Waals surface area contributed by atoms with Crippen molar-refractivity contribution in [2.75, 3.05) is 18.0 Å². The second-order valence-corrected chi connectivity index (χ2v) is 8.62. The number of aliphatic hydroxyl groups is 1. The summed E-state index contributed by atoms with van der Waals surface area (Å²) in [5.74, 6) is 0.866. The Labute approximate surface area is 164 Å². The molecule has 0 unspecified atom stereocenters. The summed E-state index contributed by atoms with van der Waals surface area (Å²) in [6.07, 6.45) is 4.33. The van der Waals surface area contributed by atoms with Crippen LogP contribution < -0.4 is 10.2 Å². The second-order valence-electron chi connectivity index (χ2n) is 8.62. The van der Waals surface area contributed by atoms with Crippen LogP contribution in [-0.2, 0) is 0 Å². The molecule has 2 fully saturated rings. The van der Waals surface area contributed by atoms with Crippen LogP contribution in [0.3, 0.4) is 0 Å². The molecule has 0 radical (unpaired) electrons. The van der Waals surface area contributed by atoms with Crippen LogP contribution in [0.15, 0.2) is 24.4 Å². The molecule has 6 nitrogen and oxygen atoms in total. The Balaban J connectivity index is 1.40. The molecule has 2 N–H and O–H groups in total. The topological polar surface area (TPSA) is 78.3 Å². The van der Waals surface area contributed by atoms with E-state index in [0.29, 0.717) is 24.3 Å². The van der Waals surface area contributed by atoms with Crippen molar-refractivity contribution in [3.8, 4) is 0 Å². The van der Waals surface area contributed by atoms with E-state index in [1.54, 1.807) is 12.3 Å². The highest BCUT2D eigenvalue weighted by Crippen LogP contribution is 2.32. The predicted molar refractivity (Wildman–Crippen MR) is 106 cm³/mol. The third kappa shape index (κ3) is 3.94. The largest absolute Gasteiger partial charge is 0.390 e. The molecule has 4 rings (SSSR count). The highest BCUT2D eigenvalue weighted by atomic mass is 19.1. The number of halogens is 1. The molecule has 0 aromatic carbocycles. The van der Waals surface area contributed by atoms with E-state index in [-0.39, 0.29) is 17.9 Å². The summed E-state index contributed by atoms with van der Waals surface area (Å²) in [7, 11) is 0. The van der Waals surface area contributed by atoms with Crippen LogP contribution in [-0.4, -0.2) is 51.9 Å². The van der Waals surface area contributed by atoms with E-state index in [1.165, 1.54) is 0 Å². The van der Waals surface area contributed by atoms with Gasteiger partial charge in [0.15, 0.2) is 5.65 Å². The van der Waals surface area contributed by atoms with E-state index in [1.807, 2.05) is 30.9 Å². The van der Waals surface area contributed by atoms with Gasteiger partial charge in [0.2, 0.25) is 0 Å². The van der Waals surface area contributed by atoms with E-state index in [4.69, 9.17) is 0 Å². The summed E-state index contributed by atoms with van der Waals surface area (Å²) in [6, 6.07) is 5.64. The minimum absolute atomic E-state index is 0.127. The van der Waals surface area contributed by atoms with Gasteiger partial charge in [0.1, 0.15) is 12.0 Å². The predicted octanol–water partition coefficient (Wildman–Crippen LogP) is 2.85. The third-order valence-corrected chi connectivity index (χ3v) is 6.01. The molecule has 0 bridgehead atoms. The molecule has 2 aliphatic rings. The maximum atomic E-state index is 13.0. The van der Waals surface area contributed by atoms with Gasteiger partial charge < -0.3 is 15.3 Å². The third-order valence-electron chi connectivity index (χ3n) is 6.01. The fourth-order valence-electron chi connectivity index (χ4n) is 4.13. The minimum Gasteiger partial charge on any atom is -0.390 e. The summed E-state index contributed by atoms with van der Waals surface area (Å²) in [6.45, 7) is 4.45. The molecule has 1 aliphatic heterocycles. The van der Waals surface area contributed by atoms with Crippen LogP contribution >= 0.6 is 0 Å². The lowest BCUT2D eigenvalue weighted by atomic mass is 9.77. The lowest BCUT2D eigenvalue weighted by molar-refractivity contribution is -0.00257. The van der Waals surface area contributed by atoms with Gasteiger partial charge in [-0.15, -0.1) is 0 Å². The number of carbonyl (C=O) groups excluding carboxylic acids is 1. The Kier molecular flexibility index (Phi) is 4.95. The first-order valence-corrected chi connectivity index (χ1v) is 9.98. The van der Waals surface area contributed by atoms with Crippen molar-refractivity contribution >= 4 is 22.8 Å². The van der Waals surface area contributed by atoms with Gasteiger partial charge in [0.25, 0.3) is 5.91 Å². The number of alkyl halides is 1. The number of anilines is 1. The summed E-state index contributed by atoms with van der Waals surface area (Å²) >= 11 is 0. The minimum atomic E-state index is -0.782. The van der Waals surface area contributed by atoms with Crippen molar-refractivity contribution in [3.05, 3.63) is 30.0 Å². The lowest BCUT2D eigenvalue weighted by Crippen LogP contribution is -2.48. The Morgan fingerprint density at radius 1 is 1.25 bits per heavy atom. The van der Waals surface area contributed by atoms with Crippen molar-refractivity contribution in [2.24, 2.45) is 5.92 Å². The number of nitrogens with zero attached hydrogens (tertiary/aromatic N) is 3. The number of hydrogen-bond acceptors (Lipinski definition) is 5. The zero-order valence-electron chi connectivity index (χ0n) is 16.4.